The molecule has 0 bridgehead atoms. The zero-order valence-corrected chi connectivity index (χ0v) is 9.34. The van der Waals surface area contributed by atoms with Crippen LogP contribution in [0.2, 0.25) is 0 Å². The fraction of sp³-hybridized carbons (Fsp3) is 0.300. The summed E-state index contributed by atoms with van der Waals surface area (Å²) in [4.78, 5) is 11.2. The smallest absolute Gasteiger partial charge is 0.218 e. The Balaban J connectivity index is 2.81. The number of nitrogen functional groups attached to an aromatic ring is 1. The maximum atomic E-state index is 11.8. The van der Waals surface area contributed by atoms with Gasteiger partial charge in [0.2, 0.25) is 5.91 Å². The van der Waals surface area contributed by atoms with E-state index in [-0.39, 0.29) is 12.2 Å². The highest BCUT2D eigenvalue weighted by atomic mass is 32.2. The van der Waals surface area contributed by atoms with E-state index in [9.17, 15) is 9.00 Å². The predicted molar refractivity (Wildman–Crippen MR) is 60.7 cm³/mol. The molecule has 1 rings (SSSR count). The van der Waals surface area contributed by atoms with Gasteiger partial charge in [-0.15, -0.1) is 0 Å². The third kappa shape index (κ3) is 3.36. The van der Waals surface area contributed by atoms with Crippen LogP contribution in [-0.4, -0.2) is 15.9 Å². The van der Waals surface area contributed by atoms with Crippen LogP contribution >= 0.6 is 0 Å². The fourth-order valence-corrected chi connectivity index (χ4v) is 2.47. The van der Waals surface area contributed by atoms with E-state index < -0.39 is 16.7 Å². The van der Waals surface area contributed by atoms with Crippen molar-refractivity contribution in [2.45, 2.75) is 18.2 Å². The largest absolute Gasteiger partial charge is 0.399 e. The first-order valence-corrected chi connectivity index (χ1v) is 5.85. The van der Waals surface area contributed by atoms with E-state index in [1.165, 1.54) is 0 Å². The van der Waals surface area contributed by atoms with Crippen molar-refractivity contribution in [2.75, 3.05) is 11.5 Å². The highest BCUT2D eigenvalue weighted by Gasteiger charge is 2.08. The topological polar surface area (TPSA) is 86.2 Å². The molecule has 4 N–H and O–H groups in total. The van der Waals surface area contributed by atoms with Crippen molar-refractivity contribution in [3.05, 3.63) is 23.8 Å². The molecule has 0 saturated heterocycles. The fourth-order valence-electron chi connectivity index (χ4n) is 1.17. The van der Waals surface area contributed by atoms with Gasteiger partial charge in [-0.3, -0.25) is 9.00 Å². The molecular formula is C10H14N2O2S. The molecule has 4 nitrogen and oxygen atoms in total. The second-order valence-electron chi connectivity index (χ2n) is 3.29. The number of anilines is 1. The first-order valence-electron chi connectivity index (χ1n) is 4.53. The number of nitrogens with two attached hydrogens (primary N) is 2. The Labute approximate surface area is 91.1 Å². The van der Waals surface area contributed by atoms with Gasteiger partial charge < -0.3 is 11.5 Å². The molecule has 1 atom stereocenters. The minimum Gasteiger partial charge on any atom is -0.399 e. The molecule has 82 valence electrons. The number of benzene rings is 1. The molecule has 0 heterocycles. The van der Waals surface area contributed by atoms with Crippen molar-refractivity contribution in [1.29, 1.82) is 0 Å². The molecule has 5 heteroatoms. The molecular weight excluding hydrogens is 212 g/mol. The molecule has 0 spiro atoms. The van der Waals surface area contributed by atoms with E-state index in [0.29, 0.717) is 10.6 Å². The predicted octanol–water partition coefficient (Wildman–Crippen LogP) is 0.560. The van der Waals surface area contributed by atoms with Gasteiger partial charge in [-0.25, -0.2) is 0 Å². The van der Waals surface area contributed by atoms with Crippen LogP contribution in [0.5, 0.6) is 0 Å². The van der Waals surface area contributed by atoms with Crippen LogP contribution in [0.15, 0.2) is 23.1 Å². The first-order chi connectivity index (χ1) is 7.00. The Morgan fingerprint density at radius 3 is 2.73 bits per heavy atom. The maximum Gasteiger partial charge on any atom is 0.218 e. The average molecular weight is 226 g/mol. The van der Waals surface area contributed by atoms with Crippen molar-refractivity contribution in [3.8, 4) is 0 Å². The monoisotopic (exact) mass is 226 g/mol. The lowest BCUT2D eigenvalue weighted by molar-refractivity contribution is -0.117. The molecule has 0 saturated carbocycles. The quantitative estimate of drug-likeness (QED) is 0.735. The van der Waals surface area contributed by atoms with Crippen LogP contribution in [0.4, 0.5) is 5.69 Å². The molecule has 15 heavy (non-hydrogen) atoms. The third-order valence-electron chi connectivity index (χ3n) is 1.99. The van der Waals surface area contributed by atoms with Crippen LogP contribution in [0, 0.1) is 6.92 Å². The summed E-state index contributed by atoms with van der Waals surface area (Å²) >= 11 is 0. The standard InChI is InChI=1S/C10H14N2O2S/c1-7-2-3-8(11)6-9(7)15(14)5-4-10(12)13/h2-3,6H,4-5,11H2,1H3,(H2,12,13). The average Bonchev–Trinajstić information content (AvgIpc) is 2.18. The van der Waals surface area contributed by atoms with Gasteiger partial charge in [0.25, 0.3) is 0 Å². The van der Waals surface area contributed by atoms with E-state index in [1.54, 1.807) is 12.1 Å². The number of hydrogen-bond donors (Lipinski definition) is 2. The van der Waals surface area contributed by atoms with Crippen molar-refractivity contribution in [1.82, 2.24) is 0 Å². The van der Waals surface area contributed by atoms with Crippen LogP contribution in [0.3, 0.4) is 0 Å². The lowest BCUT2D eigenvalue weighted by Gasteiger charge is -2.05. The summed E-state index contributed by atoms with van der Waals surface area (Å²) < 4.78 is 11.8. The van der Waals surface area contributed by atoms with Gasteiger partial charge in [0, 0.05) is 22.8 Å². The number of aryl methyl sites for hydroxylation is 1. The number of carbonyl (C=O) groups excluding carboxylic acids is 1. The zero-order valence-electron chi connectivity index (χ0n) is 8.53. The van der Waals surface area contributed by atoms with Gasteiger partial charge >= 0.3 is 0 Å². The highest BCUT2D eigenvalue weighted by Crippen LogP contribution is 2.17. The van der Waals surface area contributed by atoms with Gasteiger partial charge in [-0.05, 0) is 24.6 Å². The number of carbonyl (C=O) groups is 1. The second kappa shape index (κ2) is 4.93. The Hall–Kier alpha value is -1.36. The van der Waals surface area contributed by atoms with Crippen LogP contribution in [0.1, 0.15) is 12.0 Å². The molecule has 1 aromatic rings. The highest BCUT2D eigenvalue weighted by molar-refractivity contribution is 7.85. The summed E-state index contributed by atoms with van der Waals surface area (Å²) in [6, 6.07) is 5.24. The minimum absolute atomic E-state index is 0.126. The van der Waals surface area contributed by atoms with Gasteiger partial charge in [-0.1, -0.05) is 6.07 Å². The van der Waals surface area contributed by atoms with Crippen LogP contribution < -0.4 is 11.5 Å². The Morgan fingerprint density at radius 1 is 1.47 bits per heavy atom. The van der Waals surface area contributed by atoms with E-state index in [1.807, 2.05) is 13.0 Å². The summed E-state index contributed by atoms with van der Waals surface area (Å²) in [5.41, 5.74) is 12.1. The summed E-state index contributed by atoms with van der Waals surface area (Å²) in [6.07, 6.45) is 0.126. The SMILES string of the molecule is Cc1ccc(N)cc1S(=O)CCC(N)=O. The molecule has 0 fully saturated rings. The van der Waals surface area contributed by atoms with Crippen molar-refractivity contribution in [3.63, 3.8) is 0 Å². The van der Waals surface area contributed by atoms with Gasteiger partial charge in [-0.2, -0.15) is 0 Å². The Kier molecular flexibility index (Phi) is 3.85. The summed E-state index contributed by atoms with van der Waals surface area (Å²) in [7, 11) is -1.21. The third-order valence-corrected chi connectivity index (χ3v) is 3.50. The summed E-state index contributed by atoms with van der Waals surface area (Å²) in [5, 5.41) is 0. The number of hydrogen-bond acceptors (Lipinski definition) is 3. The van der Waals surface area contributed by atoms with Crippen molar-refractivity contribution >= 4 is 22.4 Å². The number of primary amides is 1. The van der Waals surface area contributed by atoms with E-state index >= 15 is 0 Å². The normalized spacial score (nSPS) is 12.3. The molecule has 0 aliphatic carbocycles. The molecule has 1 aromatic carbocycles. The first kappa shape index (κ1) is 11.7. The Bertz CT molecular complexity index is 404. The summed E-state index contributed by atoms with van der Waals surface area (Å²) in [6.45, 7) is 1.86. The molecule has 0 radical (unpaired) electrons. The lowest BCUT2D eigenvalue weighted by atomic mass is 10.2. The summed E-state index contributed by atoms with van der Waals surface area (Å²) in [5.74, 6) is -0.190. The van der Waals surface area contributed by atoms with Gasteiger partial charge in [0.05, 0.1) is 10.8 Å². The molecule has 1 unspecified atom stereocenters. The van der Waals surface area contributed by atoms with Crippen molar-refractivity contribution in [2.24, 2.45) is 5.73 Å². The minimum atomic E-state index is -1.21. The lowest BCUT2D eigenvalue weighted by Crippen LogP contribution is -2.14. The number of rotatable bonds is 4. The molecule has 1 amide bonds. The van der Waals surface area contributed by atoms with Crippen LogP contribution in [0.25, 0.3) is 0 Å². The number of amides is 1. The van der Waals surface area contributed by atoms with E-state index in [4.69, 9.17) is 11.5 Å². The van der Waals surface area contributed by atoms with E-state index in [2.05, 4.69) is 0 Å². The molecule has 0 aliphatic heterocycles. The molecule has 0 aromatic heterocycles. The van der Waals surface area contributed by atoms with Gasteiger partial charge in [0.15, 0.2) is 0 Å². The van der Waals surface area contributed by atoms with Crippen molar-refractivity contribution < 1.29 is 9.00 Å². The Morgan fingerprint density at radius 2 is 2.13 bits per heavy atom. The van der Waals surface area contributed by atoms with Crippen LogP contribution in [-0.2, 0) is 15.6 Å². The zero-order chi connectivity index (χ0) is 11.4. The van der Waals surface area contributed by atoms with Gasteiger partial charge in [0.1, 0.15) is 0 Å². The second-order valence-corrected chi connectivity index (χ2v) is 4.83. The molecule has 0 aliphatic rings. The maximum absolute atomic E-state index is 11.8. The van der Waals surface area contributed by atoms with E-state index in [0.717, 1.165) is 5.56 Å².